The Morgan fingerprint density at radius 1 is 1.21 bits per heavy atom. The molecule has 0 saturated heterocycles. The van der Waals surface area contributed by atoms with Gasteiger partial charge in [0.15, 0.2) is 0 Å². The van der Waals surface area contributed by atoms with Crippen molar-refractivity contribution in [1.29, 1.82) is 0 Å². The molecule has 0 aliphatic rings. The predicted molar refractivity (Wildman–Crippen MR) is 65.6 cm³/mol. The van der Waals surface area contributed by atoms with E-state index in [4.69, 9.17) is 0 Å². The lowest BCUT2D eigenvalue weighted by Gasteiger charge is -2.05. The van der Waals surface area contributed by atoms with Gasteiger partial charge in [-0.1, -0.05) is 47.6 Å². The van der Waals surface area contributed by atoms with Crippen LogP contribution in [0.1, 0.15) is 59.4 Å². The average molecular weight is 195 g/mol. The van der Waals surface area contributed by atoms with Gasteiger partial charge in [0.2, 0.25) is 0 Å². The molecule has 1 heteroatoms. The molecule has 82 valence electrons. The summed E-state index contributed by atoms with van der Waals surface area (Å²) in [6, 6.07) is 4.11. The number of nitrogens with zero attached hydrogens (tertiary/aromatic N) is 1. The van der Waals surface area contributed by atoms with Gasteiger partial charge in [-0.15, -0.1) is 0 Å². The standard InChI is InChI=1S/C9H13N.2C2H6/c1-3-8(2)9-5-4-6-10-7-9;2*1-2/h4-8H,3H2,1-2H3;2*1-2H3. The van der Waals surface area contributed by atoms with Gasteiger partial charge in [-0.2, -0.15) is 0 Å². The van der Waals surface area contributed by atoms with Crippen molar-refractivity contribution >= 4 is 0 Å². The van der Waals surface area contributed by atoms with Crippen molar-refractivity contribution in [3.63, 3.8) is 0 Å². The topological polar surface area (TPSA) is 12.9 Å². The lowest BCUT2D eigenvalue weighted by Crippen LogP contribution is -1.90. The Morgan fingerprint density at radius 3 is 2.14 bits per heavy atom. The smallest absolute Gasteiger partial charge is 0.0302 e. The van der Waals surface area contributed by atoms with Crippen LogP contribution < -0.4 is 0 Å². The molecular formula is C13H25N. The predicted octanol–water partition coefficient (Wildman–Crippen LogP) is 4.65. The normalized spacial score (nSPS) is 10.1. The van der Waals surface area contributed by atoms with Gasteiger partial charge >= 0.3 is 0 Å². The molecule has 1 unspecified atom stereocenters. The summed E-state index contributed by atoms with van der Waals surface area (Å²) in [7, 11) is 0. The summed E-state index contributed by atoms with van der Waals surface area (Å²) in [6.07, 6.45) is 4.94. The summed E-state index contributed by atoms with van der Waals surface area (Å²) < 4.78 is 0. The molecule has 1 aromatic rings. The van der Waals surface area contributed by atoms with Crippen LogP contribution in [-0.2, 0) is 0 Å². The summed E-state index contributed by atoms with van der Waals surface area (Å²) in [5.74, 6) is 0.647. The first-order valence-electron chi connectivity index (χ1n) is 5.74. The highest BCUT2D eigenvalue weighted by Gasteiger charge is 1.99. The summed E-state index contributed by atoms with van der Waals surface area (Å²) in [5.41, 5.74) is 1.34. The Balaban J connectivity index is 0. The first-order chi connectivity index (χ1) is 6.84. The van der Waals surface area contributed by atoms with Crippen molar-refractivity contribution in [2.75, 3.05) is 0 Å². The number of hydrogen-bond acceptors (Lipinski definition) is 1. The van der Waals surface area contributed by atoms with Crippen LogP contribution in [0, 0.1) is 0 Å². The molecule has 0 radical (unpaired) electrons. The van der Waals surface area contributed by atoms with Crippen LogP contribution in [0.5, 0.6) is 0 Å². The van der Waals surface area contributed by atoms with E-state index in [1.165, 1.54) is 12.0 Å². The summed E-state index contributed by atoms with van der Waals surface area (Å²) in [6.45, 7) is 12.4. The summed E-state index contributed by atoms with van der Waals surface area (Å²) in [4.78, 5) is 4.05. The molecular weight excluding hydrogens is 170 g/mol. The minimum atomic E-state index is 0.647. The van der Waals surface area contributed by atoms with Crippen LogP contribution in [0.2, 0.25) is 0 Å². The number of rotatable bonds is 2. The summed E-state index contributed by atoms with van der Waals surface area (Å²) >= 11 is 0. The average Bonchev–Trinajstić information content (AvgIpc) is 2.34. The Bertz CT molecular complexity index is 182. The molecule has 0 aromatic carbocycles. The largest absolute Gasteiger partial charge is 0.264 e. The van der Waals surface area contributed by atoms with Gasteiger partial charge < -0.3 is 0 Å². The van der Waals surface area contributed by atoms with E-state index in [0.29, 0.717) is 5.92 Å². The Morgan fingerprint density at radius 2 is 1.79 bits per heavy atom. The van der Waals surface area contributed by atoms with E-state index < -0.39 is 0 Å². The molecule has 0 aliphatic heterocycles. The fourth-order valence-corrected chi connectivity index (χ4v) is 0.903. The lowest BCUT2D eigenvalue weighted by molar-refractivity contribution is 0.729. The third kappa shape index (κ3) is 6.64. The van der Waals surface area contributed by atoms with Crippen molar-refractivity contribution in [1.82, 2.24) is 4.98 Å². The maximum Gasteiger partial charge on any atom is 0.0302 e. The molecule has 0 aliphatic carbocycles. The molecule has 0 bridgehead atoms. The van der Waals surface area contributed by atoms with Crippen LogP contribution in [-0.4, -0.2) is 4.98 Å². The van der Waals surface area contributed by atoms with E-state index in [9.17, 15) is 0 Å². The first-order valence-corrected chi connectivity index (χ1v) is 5.74. The third-order valence-electron chi connectivity index (χ3n) is 1.87. The third-order valence-corrected chi connectivity index (χ3v) is 1.87. The first kappa shape index (κ1) is 15.6. The molecule has 0 N–H and O–H groups in total. The highest BCUT2D eigenvalue weighted by molar-refractivity contribution is 5.12. The van der Waals surface area contributed by atoms with Gasteiger partial charge in [0.1, 0.15) is 0 Å². The molecule has 1 heterocycles. The number of pyridine rings is 1. The SMILES string of the molecule is CC.CC.CCC(C)c1cccnc1. The Kier molecular flexibility index (Phi) is 13.6. The zero-order valence-corrected chi connectivity index (χ0v) is 10.5. The van der Waals surface area contributed by atoms with Gasteiger partial charge in [0.25, 0.3) is 0 Å². The molecule has 1 nitrogen and oxygen atoms in total. The van der Waals surface area contributed by atoms with Crippen LogP contribution in [0.4, 0.5) is 0 Å². The van der Waals surface area contributed by atoms with Gasteiger partial charge in [0.05, 0.1) is 0 Å². The highest BCUT2D eigenvalue weighted by Crippen LogP contribution is 2.15. The van der Waals surface area contributed by atoms with E-state index in [0.717, 1.165) is 0 Å². The number of aromatic nitrogens is 1. The van der Waals surface area contributed by atoms with E-state index in [-0.39, 0.29) is 0 Å². The molecule has 1 rings (SSSR count). The second-order valence-corrected chi connectivity index (χ2v) is 2.60. The van der Waals surface area contributed by atoms with E-state index in [1.54, 1.807) is 0 Å². The molecule has 14 heavy (non-hydrogen) atoms. The van der Waals surface area contributed by atoms with Crippen molar-refractivity contribution in [3.05, 3.63) is 30.1 Å². The van der Waals surface area contributed by atoms with E-state index >= 15 is 0 Å². The molecule has 1 atom stereocenters. The van der Waals surface area contributed by atoms with Crippen LogP contribution in [0.3, 0.4) is 0 Å². The molecule has 0 fully saturated rings. The van der Waals surface area contributed by atoms with Gasteiger partial charge in [-0.3, -0.25) is 4.98 Å². The fraction of sp³-hybridized carbons (Fsp3) is 0.615. The molecule has 1 aromatic heterocycles. The minimum absolute atomic E-state index is 0.647. The van der Waals surface area contributed by atoms with Gasteiger partial charge in [-0.05, 0) is 24.0 Å². The quantitative estimate of drug-likeness (QED) is 0.669. The van der Waals surface area contributed by atoms with E-state index in [1.807, 2.05) is 46.2 Å². The Labute approximate surface area is 89.6 Å². The van der Waals surface area contributed by atoms with Gasteiger partial charge in [-0.25, -0.2) is 0 Å². The number of hydrogen-bond donors (Lipinski definition) is 0. The van der Waals surface area contributed by atoms with E-state index in [2.05, 4.69) is 24.9 Å². The maximum atomic E-state index is 4.05. The minimum Gasteiger partial charge on any atom is -0.264 e. The summed E-state index contributed by atoms with van der Waals surface area (Å²) in [5, 5.41) is 0. The Hall–Kier alpha value is -0.850. The van der Waals surface area contributed by atoms with Crippen molar-refractivity contribution in [3.8, 4) is 0 Å². The van der Waals surface area contributed by atoms with Crippen LogP contribution in [0.15, 0.2) is 24.5 Å². The maximum absolute atomic E-state index is 4.05. The second kappa shape index (κ2) is 12.2. The lowest BCUT2D eigenvalue weighted by atomic mass is 10.0. The van der Waals surface area contributed by atoms with Crippen LogP contribution in [0.25, 0.3) is 0 Å². The van der Waals surface area contributed by atoms with Crippen molar-refractivity contribution in [2.45, 2.75) is 53.9 Å². The second-order valence-electron chi connectivity index (χ2n) is 2.60. The highest BCUT2D eigenvalue weighted by atomic mass is 14.6. The fourth-order valence-electron chi connectivity index (χ4n) is 0.903. The van der Waals surface area contributed by atoms with Crippen molar-refractivity contribution < 1.29 is 0 Å². The zero-order valence-electron chi connectivity index (χ0n) is 10.5. The monoisotopic (exact) mass is 195 g/mol. The van der Waals surface area contributed by atoms with Gasteiger partial charge in [0, 0.05) is 12.4 Å². The molecule has 0 spiro atoms. The molecule has 0 amide bonds. The zero-order chi connectivity index (χ0) is 11.4. The molecule has 0 saturated carbocycles. The van der Waals surface area contributed by atoms with Crippen LogP contribution >= 0.6 is 0 Å². The van der Waals surface area contributed by atoms with Crippen molar-refractivity contribution in [2.24, 2.45) is 0 Å².